The van der Waals surface area contributed by atoms with Crippen molar-refractivity contribution in [1.29, 1.82) is 0 Å². The minimum atomic E-state index is -1.12. The van der Waals surface area contributed by atoms with Crippen molar-refractivity contribution in [3.63, 3.8) is 0 Å². The molecule has 1 aromatic carbocycles. The highest BCUT2D eigenvalue weighted by atomic mass is 16.5. The summed E-state index contributed by atoms with van der Waals surface area (Å²) in [5.41, 5.74) is 0.597. The quantitative estimate of drug-likeness (QED) is 0.740. The first kappa shape index (κ1) is 12.9. The highest BCUT2D eigenvalue weighted by molar-refractivity contribution is 5.90. The van der Waals surface area contributed by atoms with Gasteiger partial charge in [0.15, 0.2) is 11.5 Å². The van der Waals surface area contributed by atoms with Crippen molar-refractivity contribution in [2.45, 2.75) is 6.04 Å². The Morgan fingerprint density at radius 2 is 2.29 bits per heavy atom. The summed E-state index contributed by atoms with van der Waals surface area (Å²) in [6, 6.07) is 4.23. The van der Waals surface area contributed by atoms with Crippen LogP contribution in [0.4, 0.5) is 5.95 Å². The first-order chi connectivity index (χ1) is 10.1. The number of carbonyl (C=O) groups is 1. The fourth-order valence-electron chi connectivity index (χ4n) is 2.11. The molecular formula is C12H11N5O4. The molecule has 0 fully saturated rings. The number of rotatable bonds is 3. The van der Waals surface area contributed by atoms with E-state index in [1.807, 2.05) is 0 Å². The minimum Gasteiger partial charge on any atom is -0.504 e. The van der Waals surface area contributed by atoms with Gasteiger partial charge in [-0.3, -0.25) is 0 Å². The number of aromatic hydroxyl groups is 1. The minimum absolute atomic E-state index is 0.0300. The second-order valence-corrected chi connectivity index (χ2v) is 4.33. The average Bonchev–Trinajstić information content (AvgIpc) is 2.94. The van der Waals surface area contributed by atoms with Gasteiger partial charge in [0, 0.05) is 0 Å². The molecule has 9 nitrogen and oxygen atoms in total. The van der Waals surface area contributed by atoms with Gasteiger partial charge >= 0.3 is 5.97 Å². The van der Waals surface area contributed by atoms with Crippen LogP contribution >= 0.6 is 0 Å². The SMILES string of the molecule is COc1ccc([C@H]2C=C(C(=O)O)Nc3nnnn32)cc1O. The highest BCUT2D eigenvalue weighted by Gasteiger charge is 2.26. The molecule has 3 N–H and O–H groups in total. The Kier molecular flexibility index (Phi) is 2.94. The van der Waals surface area contributed by atoms with E-state index in [-0.39, 0.29) is 17.4 Å². The second kappa shape index (κ2) is 4.78. The molecule has 0 bridgehead atoms. The van der Waals surface area contributed by atoms with Gasteiger partial charge in [0.2, 0.25) is 5.95 Å². The zero-order chi connectivity index (χ0) is 15.0. The summed E-state index contributed by atoms with van der Waals surface area (Å²) in [7, 11) is 1.45. The molecule has 0 spiro atoms. The normalized spacial score (nSPS) is 16.6. The Hall–Kier alpha value is -3.10. The second-order valence-electron chi connectivity index (χ2n) is 4.33. The number of aromatic nitrogens is 4. The van der Waals surface area contributed by atoms with Crippen molar-refractivity contribution in [2.75, 3.05) is 12.4 Å². The van der Waals surface area contributed by atoms with Gasteiger partial charge in [-0.25, -0.2) is 4.79 Å². The van der Waals surface area contributed by atoms with E-state index in [4.69, 9.17) is 9.84 Å². The third kappa shape index (κ3) is 2.14. The third-order valence-electron chi connectivity index (χ3n) is 3.10. The number of allylic oxidation sites excluding steroid dienone is 1. The van der Waals surface area contributed by atoms with Crippen LogP contribution in [0.15, 0.2) is 30.0 Å². The number of phenolic OH excluding ortho intramolecular Hbond substituents is 1. The lowest BCUT2D eigenvalue weighted by Crippen LogP contribution is -2.24. The fraction of sp³-hybridized carbons (Fsp3) is 0.167. The number of methoxy groups -OCH3 is 1. The molecule has 0 saturated heterocycles. The molecule has 2 heterocycles. The van der Waals surface area contributed by atoms with Gasteiger partial charge in [0.05, 0.1) is 7.11 Å². The van der Waals surface area contributed by atoms with Crippen LogP contribution in [0.5, 0.6) is 11.5 Å². The van der Waals surface area contributed by atoms with Gasteiger partial charge < -0.3 is 20.3 Å². The fourth-order valence-corrected chi connectivity index (χ4v) is 2.11. The van der Waals surface area contributed by atoms with E-state index in [1.54, 1.807) is 12.1 Å². The number of nitrogens with zero attached hydrogens (tertiary/aromatic N) is 4. The first-order valence-corrected chi connectivity index (χ1v) is 5.97. The monoisotopic (exact) mass is 289 g/mol. The number of ether oxygens (including phenoxy) is 1. The van der Waals surface area contributed by atoms with Crippen LogP contribution in [0.3, 0.4) is 0 Å². The maximum atomic E-state index is 11.2. The number of fused-ring (bicyclic) bond motifs is 1. The molecule has 0 unspecified atom stereocenters. The van der Waals surface area contributed by atoms with Crippen molar-refractivity contribution in [2.24, 2.45) is 0 Å². The van der Waals surface area contributed by atoms with Crippen LogP contribution in [0.25, 0.3) is 0 Å². The molecule has 1 aliphatic rings. The average molecular weight is 289 g/mol. The molecule has 0 amide bonds. The lowest BCUT2D eigenvalue weighted by molar-refractivity contribution is -0.132. The van der Waals surface area contributed by atoms with Gasteiger partial charge in [-0.2, -0.15) is 4.68 Å². The summed E-state index contributed by atoms with van der Waals surface area (Å²) in [6.07, 6.45) is 1.47. The number of carboxylic acid groups (broad SMARTS) is 1. The predicted octanol–water partition coefficient (Wildman–Crippen LogP) is 0.371. The Balaban J connectivity index is 2.08. The van der Waals surface area contributed by atoms with Gasteiger partial charge in [-0.05, 0) is 34.2 Å². The smallest absolute Gasteiger partial charge is 0.352 e. The summed E-state index contributed by atoms with van der Waals surface area (Å²) in [5, 5.41) is 32.7. The summed E-state index contributed by atoms with van der Waals surface area (Å²) in [6.45, 7) is 0. The number of hydrogen-bond donors (Lipinski definition) is 3. The summed E-state index contributed by atoms with van der Waals surface area (Å²) >= 11 is 0. The van der Waals surface area contributed by atoms with Gasteiger partial charge in [0.25, 0.3) is 0 Å². The number of nitrogens with one attached hydrogen (secondary N) is 1. The van der Waals surface area contributed by atoms with Crippen molar-refractivity contribution < 1.29 is 19.7 Å². The zero-order valence-corrected chi connectivity index (χ0v) is 10.9. The summed E-state index contributed by atoms with van der Waals surface area (Å²) < 4.78 is 6.41. The first-order valence-electron chi connectivity index (χ1n) is 5.97. The number of tetrazole rings is 1. The van der Waals surface area contributed by atoms with Crippen LogP contribution in [-0.2, 0) is 4.79 Å². The maximum absolute atomic E-state index is 11.2. The largest absolute Gasteiger partial charge is 0.504 e. The number of benzene rings is 1. The summed E-state index contributed by atoms with van der Waals surface area (Å²) in [5.74, 6) is -0.623. The Morgan fingerprint density at radius 1 is 1.48 bits per heavy atom. The Bertz CT molecular complexity index is 739. The highest BCUT2D eigenvalue weighted by Crippen LogP contribution is 2.33. The lowest BCUT2D eigenvalue weighted by Gasteiger charge is -2.21. The summed E-state index contributed by atoms with van der Waals surface area (Å²) in [4.78, 5) is 11.2. The Morgan fingerprint density at radius 3 is 2.95 bits per heavy atom. The predicted molar refractivity (Wildman–Crippen MR) is 70.0 cm³/mol. The molecule has 0 saturated carbocycles. The number of carboxylic acids is 1. The number of phenols is 1. The molecule has 0 aliphatic carbocycles. The molecule has 1 atom stereocenters. The number of anilines is 1. The number of aliphatic carboxylic acids is 1. The van der Waals surface area contributed by atoms with E-state index in [1.165, 1.54) is 23.9 Å². The third-order valence-corrected chi connectivity index (χ3v) is 3.10. The van der Waals surface area contributed by atoms with Crippen molar-refractivity contribution in [3.05, 3.63) is 35.5 Å². The van der Waals surface area contributed by atoms with Crippen molar-refractivity contribution in [3.8, 4) is 11.5 Å². The standard InChI is InChI=1S/C12H11N5O4/c1-21-10-3-2-6(4-9(10)18)8-5-7(11(19)20)13-12-14-15-16-17(8)12/h2-5,8,18H,1H3,(H,19,20)(H,13,14,16)/t8-/m1/s1. The van der Waals surface area contributed by atoms with E-state index in [0.717, 1.165) is 0 Å². The van der Waals surface area contributed by atoms with Crippen molar-refractivity contribution in [1.82, 2.24) is 20.2 Å². The lowest BCUT2D eigenvalue weighted by atomic mass is 10.0. The molecule has 9 heteroatoms. The van der Waals surface area contributed by atoms with Gasteiger partial charge in [-0.1, -0.05) is 11.2 Å². The molecule has 2 aromatic rings. The molecule has 1 aromatic heterocycles. The molecule has 1 aliphatic heterocycles. The van der Waals surface area contributed by atoms with Crippen LogP contribution in [-0.4, -0.2) is 43.5 Å². The Labute approximate surface area is 118 Å². The maximum Gasteiger partial charge on any atom is 0.352 e. The van der Waals surface area contributed by atoms with E-state index >= 15 is 0 Å². The van der Waals surface area contributed by atoms with E-state index in [2.05, 4.69) is 20.8 Å². The zero-order valence-electron chi connectivity index (χ0n) is 10.9. The molecule has 108 valence electrons. The van der Waals surface area contributed by atoms with Gasteiger partial charge in [0.1, 0.15) is 11.7 Å². The number of hydrogen-bond acceptors (Lipinski definition) is 7. The van der Waals surface area contributed by atoms with Crippen LogP contribution in [0.2, 0.25) is 0 Å². The molecular weight excluding hydrogens is 278 g/mol. The molecule has 3 rings (SSSR count). The van der Waals surface area contributed by atoms with Crippen molar-refractivity contribution >= 4 is 11.9 Å². The molecule has 21 heavy (non-hydrogen) atoms. The molecule has 0 radical (unpaired) electrons. The topological polar surface area (TPSA) is 122 Å². The van der Waals surface area contributed by atoms with Gasteiger partial charge in [-0.15, -0.1) is 0 Å². The van der Waals surface area contributed by atoms with E-state index < -0.39 is 12.0 Å². The van der Waals surface area contributed by atoms with Crippen LogP contribution < -0.4 is 10.1 Å². The van der Waals surface area contributed by atoms with Crippen LogP contribution in [0.1, 0.15) is 11.6 Å². The van der Waals surface area contributed by atoms with E-state index in [9.17, 15) is 9.90 Å². The van der Waals surface area contributed by atoms with Crippen LogP contribution in [0, 0.1) is 0 Å². The van der Waals surface area contributed by atoms with E-state index in [0.29, 0.717) is 11.3 Å².